The SMILES string of the molecule is O=C(CCN1CCN(Cc2ccc(Cl)s2)CC1)Nc1ccccc1. The number of hydrogen-bond donors (Lipinski definition) is 1. The largest absolute Gasteiger partial charge is 0.326 e. The van der Waals surface area contributed by atoms with Crippen molar-refractivity contribution in [1.29, 1.82) is 0 Å². The molecule has 0 radical (unpaired) electrons. The maximum atomic E-state index is 12.0. The molecular formula is C18H22ClN3OS. The van der Waals surface area contributed by atoms with Crippen LogP contribution in [0.1, 0.15) is 11.3 Å². The van der Waals surface area contributed by atoms with Gasteiger partial charge in [-0.05, 0) is 24.3 Å². The summed E-state index contributed by atoms with van der Waals surface area (Å²) in [5, 5.41) is 2.94. The van der Waals surface area contributed by atoms with Crippen LogP contribution in [-0.2, 0) is 11.3 Å². The molecule has 1 saturated heterocycles. The fraction of sp³-hybridized carbons (Fsp3) is 0.389. The van der Waals surface area contributed by atoms with E-state index in [1.807, 2.05) is 36.4 Å². The topological polar surface area (TPSA) is 35.6 Å². The Hall–Kier alpha value is -1.40. The molecule has 6 heteroatoms. The monoisotopic (exact) mass is 363 g/mol. The van der Waals surface area contributed by atoms with Crippen LogP contribution in [0.15, 0.2) is 42.5 Å². The third-order valence-corrected chi connectivity index (χ3v) is 5.40. The Labute approximate surface area is 152 Å². The van der Waals surface area contributed by atoms with Crippen LogP contribution < -0.4 is 5.32 Å². The molecule has 0 saturated carbocycles. The van der Waals surface area contributed by atoms with Gasteiger partial charge >= 0.3 is 0 Å². The van der Waals surface area contributed by atoms with E-state index < -0.39 is 0 Å². The van der Waals surface area contributed by atoms with E-state index in [-0.39, 0.29) is 5.91 Å². The van der Waals surface area contributed by atoms with Crippen molar-refractivity contribution < 1.29 is 4.79 Å². The van der Waals surface area contributed by atoms with Gasteiger partial charge in [0, 0.05) is 56.3 Å². The first kappa shape index (κ1) is 17.4. The minimum absolute atomic E-state index is 0.0804. The van der Waals surface area contributed by atoms with Gasteiger partial charge in [-0.3, -0.25) is 9.69 Å². The normalized spacial score (nSPS) is 16.2. The lowest BCUT2D eigenvalue weighted by molar-refractivity contribution is -0.116. The average Bonchev–Trinajstić information content (AvgIpc) is 3.00. The molecule has 128 valence electrons. The van der Waals surface area contributed by atoms with E-state index in [1.54, 1.807) is 11.3 Å². The van der Waals surface area contributed by atoms with Gasteiger partial charge in [-0.15, -0.1) is 11.3 Å². The molecule has 0 unspecified atom stereocenters. The molecule has 0 atom stereocenters. The number of benzene rings is 1. The number of amides is 1. The van der Waals surface area contributed by atoms with Crippen LogP contribution in [-0.4, -0.2) is 48.4 Å². The summed E-state index contributed by atoms with van der Waals surface area (Å²) >= 11 is 7.64. The lowest BCUT2D eigenvalue weighted by Crippen LogP contribution is -2.46. The van der Waals surface area contributed by atoms with Gasteiger partial charge < -0.3 is 10.2 Å². The molecule has 1 fully saturated rings. The molecule has 1 aromatic heterocycles. The number of rotatable bonds is 6. The van der Waals surface area contributed by atoms with Gasteiger partial charge in [-0.25, -0.2) is 0 Å². The first-order chi connectivity index (χ1) is 11.7. The first-order valence-corrected chi connectivity index (χ1v) is 9.42. The van der Waals surface area contributed by atoms with Gasteiger partial charge in [-0.2, -0.15) is 0 Å². The zero-order valence-corrected chi connectivity index (χ0v) is 15.2. The van der Waals surface area contributed by atoms with Crippen LogP contribution in [0.2, 0.25) is 4.34 Å². The molecule has 1 N–H and O–H groups in total. The fourth-order valence-corrected chi connectivity index (χ4v) is 3.96. The highest BCUT2D eigenvalue weighted by Crippen LogP contribution is 2.23. The Balaban J connectivity index is 1.35. The lowest BCUT2D eigenvalue weighted by Gasteiger charge is -2.34. The summed E-state index contributed by atoms with van der Waals surface area (Å²) in [5.74, 6) is 0.0804. The van der Waals surface area contributed by atoms with Crippen LogP contribution >= 0.6 is 22.9 Å². The summed E-state index contributed by atoms with van der Waals surface area (Å²) in [6.07, 6.45) is 0.537. The number of nitrogens with one attached hydrogen (secondary N) is 1. The zero-order chi connectivity index (χ0) is 16.8. The van der Waals surface area contributed by atoms with Gasteiger partial charge in [0.2, 0.25) is 5.91 Å². The molecule has 1 amide bonds. The maximum absolute atomic E-state index is 12.0. The third kappa shape index (κ3) is 5.31. The number of halogens is 1. The number of para-hydroxylation sites is 1. The molecule has 0 aliphatic carbocycles. The second-order valence-electron chi connectivity index (χ2n) is 5.99. The van der Waals surface area contributed by atoms with Gasteiger partial charge in [0.15, 0.2) is 0 Å². The Bertz CT molecular complexity index is 653. The molecule has 24 heavy (non-hydrogen) atoms. The van der Waals surface area contributed by atoms with E-state index in [9.17, 15) is 4.79 Å². The van der Waals surface area contributed by atoms with Crippen molar-refractivity contribution in [1.82, 2.24) is 9.80 Å². The Morgan fingerprint density at radius 2 is 1.75 bits per heavy atom. The molecule has 1 aliphatic heterocycles. The highest BCUT2D eigenvalue weighted by Gasteiger charge is 2.18. The van der Waals surface area contributed by atoms with Crippen molar-refractivity contribution in [2.75, 3.05) is 38.0 Å². The van der Waals surface area contributed by atoms with E-state index in [4.69, 9.17) is 11.6 Å². The molecular weight excluding hydrogens is 342 g/mol. The highest BCUT2D eigenvalue weighted by molar-refractivity contribution is 7.16. The number of thiophene rings is 1. The van der Waals surface area contributed by atoms with Gasteiger partial charge in [0.05, 0.1) is 4.34 Å². The standard InChI is InChI=1S/C18H22ClN3OS/c19-17-7-6-16(24-17)14-22-12-10-21(11-13-22)9-8-18(23)20-15-4-2-1-3-5-15/h1-7H,8-14H2,(H,20,23). The number of carbonyl (C=O) groups is 1. The van der Waals surface area contributed by atoms with Crippen molar-refractivity contribution in [3.8, 4) is 0 Å². The Morgan fingerprint density at radius 1 is 1.04 bits per heavy atom. The zero-order valence-electron chi connectivity index (χ0n) is 13.6. The molecule has 4 nitrogen and oxygen atoms in total. The molecule has 1 aliphatic rings. The highest BCUT2D eigenvalue weighted by atomic mass is 35.5. The van der Waals surface area contributed by atoms with E-state index in [0.29, 0.717) is 6.42 Å². The fourth-order valence-electron chi connectivity index (χ4n) is 2.83. The van der Waals surface area contributed by atoms with Crippen molar-refractivity contribution >= 4 is 34.5 Å². The van der Waals surface area contributed by atoms with Crippen LogP contribution in [0.5, 0.6) is 0 Å². The minimum atomic E-state index is 0.0804. The summed E-state index contributed by atoms with van der Waals surface area (Å²) < 4.78 is 0.855. The quantitative estimate of drug-likeness (QED) is 0.852. The molecule has 0 bridgehead atoms. The van der Waals surface area contributed by atoms with E-state index >= 15 is 0 Å². The average molecular weight is 364 g/mol. The van der Waals surface area contributed by atoms with Crippen molar-refractivity contribution in [3.05, 3.63) is 51.7 Å². The summed E-state index contributed by atoms with van der Waals surface area (Å²) in [6.45, 7) is 5.89. The van der Waals surface area contributed by atoms with Gasteiger partial charge in [0.1, 0.15) is 0 Å². The third-order valence-electron chi connectivity index (χ3n) is 4.19. The number of piperazine rings is 1. The van der Waals surface area contributed by atoms with Crippen LogP contribution in [0.4, 0.5) is 5.69 Å². The van der Waals surface area contributed by atoms with Crippen molar-refractivity contribution in [2.24, 2.45) is 0 Å². The number of nitrogens with zero attached hydrogens (tertiary/aromatic N) is 2. The molecule has 0 spiro atoms. The van der Waals surface area contributed by atoms with Crippen LogP contribution in [0, 0.1) is 0 Å². The predicted molar refractivity (Wildman–Crippen MR) is 101 cm³/mol. The summed E-state index contributed by atoms with van der Waals surface area (Å²) in [4.78, 5) is 18.1. The summed E-state index contributed by atoms with van der Waals surface area (Å²) in [7, 11) is 0. The molecule has 2 aromatic rings. The Kier molecular flexibility index (Phi) is 6.26. The number of hydrogen-bond acceptors (Lipinski definition) is 4. The van der Waals surface area contributed by atoms with Crippen molar-refractivity contribution in [3.63, 3.8) is 0 Å². The second kappa shape index (κ2) is 8.62. The lowest BCUT2D eigenvalue weighted by atomic mass is 10.2. The van der Waals surface area contributed by atoms with Crippen LogP contribution in [0.3, 0.4) is 0 Å². The van der Waals surface area contributed by atoms with E-state index in [2.05, 4.69) is 21.2 Å². The smallest absolute Gasteiger partial charge is 0.225 e. The van der Waals surface area contributed by atoms with E-state index in [0.717, 1.165) is 49.3 Å². The minimum Gasteiger partial charge on any atom is -0.326 e. The first-order valence-electron chi connectivity index (χ1n) is 8.23. The molecule has 1 aromatic carbocycles. The number of carbonyl (C=O) groups excluding carboxylic acids is 1. The summed E-state index contributed by atoms with van der Waals surface area (Å²) in [6, 6.07) is 13.7. The van der Waals surface area contributed by atoms with Crippen LogP contribution in [0.25, 0.3) is 0 Å². The summed E-state index contributed by atoms with van der Waals surface area (Å²) in [5.41, 5.74) is 0.863. The second-order valence-corrected chi connectivity index (χ2v) is 7.79. The predicted octanol–water partition coefficient (Wildman–Crippen LogP) is 3.55. The van der Waals surface area contributed by atoms with Gasteiger partial charge in [0.25, 0.3) is 0 Å². The maximum Gasteiger partial charge on any atom is 0.225 e. The van der Waals surface area contributed by atoms with Crippen molar-refractivity contribution in [2.45, 2.75) is 13.0 Å². The van der Waals surface area contributed by atoms with E-state index in [1.165, 1.54) is 4.88 Å². The van der Waals surface area contributed by atoms with Gasteiger partial charge in [-0.1, -0.05) is 29.8 Å². The molecule has 3 rings (SSSR count). The molecule has 2 heterocycles. The Morgan fingerprint density at radius 3 is 2.42 bits per heavy atom. The number of anilines is 1.